The van der Waals surface area contributed by atoms with Gasteiger partial charge in [0, 0.05) is 40.5 Å². The van der Waals surface area contributed by atoms with Crippen molar-refractivity contribution in [2.45, 2.75) is 38.6 Å². The molecular weight excluding hydrogens is 489 g/mol. The number of ether oxygens (including phenoxy) is 1. The van der Waals surface area contributed by atoms with Gasteiger partial charge in [0.1, 0.15) is 17.1 Å². The first kappa shape index (κ1) is 22.6. The van der Waals surface area contributed by atoms with E-state index >= 15 is 0 Å². The Morgan fingerprint density at radius 2 is 2.00 bits per heavy atom. The highest BCUT2D eigenvalue weighted by atomic mass is 32.1. The zero-order valence-corrected chi connectivity index (χ0v) is 21.2. The third-order valence-electron chi connectivity index (χ3n) is 8.20. The van der Waals surface area contributed by atoms with Crippen LogP contribution in [0.4, 0.5) is 4.39 Å². The van der Waals surface area contributed by atoms with Crippen LogP contribution in [0.5, 0.6) is 0 Å². The molecule has 0 unspecified atom stereocenters. The molecule has 0 spiro atoms. The quantitative estimate of drug-likeness (QED) is 0.275. The number of rotatable bonds is 5. The number of aromatic amines is 1. The first-order valence-electron chi connectivity index (χ1n) is 12.8. The Kier molecular flexibility index (Phi) is 5.35. The van der Waals surface area contributed by atoms with E-state index in [1.807, 2.05) is 13.1 Å². The molecule has 2 atom stereocenters. The molecule has 3 aliphatic rings. The third kappa shape index (κ3) is 3.59. The number of halogens is 1. The summed E-state index contributed by atoms with van der Waals surface area (Å²) in [4.78, 5) is 30.3. The lowest BCUT2D eigenvalue weighted by molar-refractivity contribution is -0.157. The predicted octanol–water partition coefficient (Wildman–Crippen LogP) is 6.38. The van der Waals surface area contributed by atoms with E-state index in [4.69, 9.17) is 14.7 Å². The smallest absolute Gasteiger partial charge is 0.311 e. The average Bonchev–Trinajstić information content (AvgIpc) is 3.67. The predicted molar refractivity (Wildman–Crippen MR) is 140 cm³/mol. The van der Waals surface area contributed by atoms with Crippen molar-refractivity contribution in [3.05, 3.63) is 53.5 Å². The number of hydrogen-bond acceptors (Lipinski definition) is 6. The van der Waals surface area contributed by atoms with Crippen molar-refractivity contribution in [1.29, 1.82) is 0 Å². The summed E-state index contributed by atoms with van der Waals surface area (Å²) in [7, 11) is 0. The molecule has 3 saturated carbocycles. The molecular formula is C28H26FN5O2S. The molecule has 7 nitrogen and oxygen atoms in total. The van der Waals surface area contributed by atoms with Crippen molar-refractivity contribution in [2.75, 3.05) is 6.61 Å². The molecule has 0 saturated heterocycles. The van der Waals surface area contributed by atoms with Crippen LogP contribution in [-0.2, 0) is 9.53 Å². The zero-order valence-electron chi connectivity index (χ0n) is 20.4. The van der Waals surface area contributed by atoms with Crippen molar-refractivity contribution in [3.63, 3.8) is 0 Å². The first-order valence-corrected chi connectivity index (χ1v) is 13.8. The number of H-pyrrole nitrogens is 1. The first-order chi connectivity index (χ1) is 18.1. The Labute approximate surface area is 216 Å². The minimum absolute atomic E-state index is 0.0220. The van der Waals surface area contributed by atoms with Crippen molar-refractivity contribution < 1.29 is 13.9 Å². The molecule has 37 heavy (non-hydrogen) atoms. The Morgan fingerprint density at radius 3 is 2.78 bits per heavy atom. The molecule has 0 amide bonds. The monoisotopic (exact) mass is 515 g/mol. The summed E-state index contributed by atoms with van der Waals surface area (Å²) < 4.78 is 21.8. The summed E-state index contributed by atoms with van der Waals surface area (Å²) in [5.41, 5.74) is 4.23. The van der Waals surface area contributed by atoms with Crippen molar-refractivity contribution in [1.82, 2.24) is 24.5 Å². The molecule has 1 N–H and O–H groups in total. The zero-order chi connectivity index (χ0) is 25.1. The maximum atomic E-state index is 14.0. The van der Waals surface area contributed by atoms with E-state index in [0.717, 1.165) is 47.8 Å². The second-order valence-electron chi connectivity index (χ2n) is 10.1. The lowest BCUT2D eigenvalue weighted by Crippen LogP contribution is -2.45. The minimum atomic E-state index is -0.409. The fourth-order valence-corrected chi connectivity index (χ4v) is 7.24. The maximum Gasteiger partial charge on any atom is 0.311 e. The Bertz CT molecular complexity index is 1620. The summed E-state index contributed by atoms with van der Waals surface area (Å²) in [6.07, 6.45) is 11.3. The Balaban J connectivity index is 1.44. The standard InChI is InChI=1S/C28H26FN5O2S/c1-2-36-28(35)23-15-3-5-16(6-4-15)24(23)34-13-22(17-7-8-37-14-17)21-12-32-26(33-27(21)34)20-11-31-25-19(20)9-18(29)10-30-25/h7-16,23-24H,2-6H2,1H3,(H,30,31)/t15?,16?,23-,24-/m1/s1. The highest BCUT2D eigenvalue weighted by Crippen LogP contribution is 2.53. The molecule has 5 aromatic rings. The highest BCUT2D eigenvalue weighted by molar-refractivity contribution is 7.08. The number of pyridine rings is 1. The molecule has 0 radical (unpaired) electrons. The van der Waals surface area contributed by atoms with Crippen LogP contribution in [0.2, 0.25) is 0 Å². The van der Waals surface area contributed by atoms with Gasteiger partial charge in [0.2, 0.25) is 0 Å². The van der Waals surface area contributed by atoms with Crippen LogP contribution >= 0.6 is 11.3 Å². The average molecular weight is 516 g/mol. The SMILES string of the molecule is CCOC(=O)[C@@H]1C2CCC(CC2)[C@H]1n1cc(-c2ccsc2)c2cnc(-c3c[nH]c4ncc(F)cc34)nc21. The number of nitrogens with one attached hydrogen (secondary N) is 1. The molecule has 5 heterocycles. The van der Waals surface area contributed by atoms with Gasteiger partial charge in [-0.1, -0.05) is 0 Å². The number of thiophene rings is 1. The normalized spacial score (nSPS) is 23.2. The van der Waals surface area contributed by atoms with Crippen LogP contribution in [0.25, 0.3) is 44.6 Å². The van der Waals surface area contributed by atoms with Crippen molar-refractivity contribution in [3.8, 4) is 22.5 Å². The van der Waals surface area contributed by atoms with Gasteiger partial charge in [-0.3, -0.25) is 4.79 Å². The highest BCUT2D eigenvalue weighted by Gasteiger charge is 2.49. The second kappa shape index (κ2) is 8.76. The van der Waals surface area contributed by atoms with Crippen LogP contribution in [0.1, 0.15) is 38.6 Å². The Morgan fingerprint density at radius 1 is 1.16 bits per heavy atom. The van der Waals surface area contributed by atoms with Crippen molar-refractivity contribution in [2.24, 2.45) is 17.8 Å². The van der Waals surface area contributed by atoms with E-state index in [1.165, 1.54) is 12.3 Å². The van der Waals surface area contributed by atoms with E-state index in [0.29, 0.717) is 40.9 Å². The number of esters is 1. The van der Waals surface area contributed by atoms with E-state index in [2.05, 4.69) is 37.6 Å². The molecule has 3 aliphatic carbocycles. The van der Waals surface area contributed by atoms with Gasteiger partial charge in [-0.2, -0.15) is 11.3 Å². The molecule has 8 rings (SSSR count). The number of aromatic nitrogens is 5. The number of carbonyl (C=O) groups excluding carboxylic acids is 1. The van der Waals surface area contributed by atoms with E-state index < -0.39 is 5.82 Å². The molecule has 9 heteroatoms. The van der Waals surface area contributed by atoms with Gasteiger partial charge in [-0.05, 0) is 72.9 Å². The van der Waals surface area contributed by atoms with Crippen LogP contribution in [0, 0.1) is 23.6 Å². The third-order valence-corrected chi connectivity index (χ3v) is 8.88. The maximum absolute atomic E-state index is 14.0. The van der Waals surface area contributed by atoms with Gasteiger partial charge in [-0.15, -0.1) is 0 Å². The number of fused-ring (bicyclic) bond motifs is 5. The van der Waals surface area contributed by atoms with Gasteiger partial charge >= 0.3 is 5.97 Å². The fourth-order valence-electron chi connectivity index (χ4n) is 6.59. The minimum Gasteiger partial charge on any atom is -0.466 e. The van der Waals surface area contributed by atoms with E-state index in [9.17, 15) is 9.18 Å². The molecule has 0 aliphatic heterocycles. The number of hydrogen-bond donors (Lipinski definition) is 1. The molecule has 188 valence electrons. The second-order valence-corrected chi connectivity index (χ2v) is 10.9. The molecule has 0 aromatic carbocycles. The molecule has 5 aromatic heterocycles. The fraction of sp³-hybridized carbons (Fsp3) is 0.357. The van der Waals surface area contributed by atoms with E-state index in [-0.39, 0.29) is 17.9 Å². The van der Waals surface area contributed by atoms with Crippen LogP contribution < -0.4 is 0 Å². The summed E-state index contributed by atoms with van der Waals surface area (Å²) >= 11 is 1.65. The summed E-state index contributed by atoms with van der Waals surface area (Å²) in [5, 5.41) is 5.76. The molecule has 3 fully saturated rings. The summed E-state index contributed by atoms with van der Waals surface area (Å²) in [6.45, 7) is 2.25. The van der Waals surface area contributed by atoms with Gasteiger partial charge < -0.3 is 14.3 Å². The number of carbonyl (C=O) groups is 1. The van der Waals surface area contributed by atoms with Gasteiger partial charge in [-0.25, -0.2) is 19.3 Å². The Hall–Kier alpha value is -3.59. The molecule has 2 bridgehead atoms. The van der Waals surface area contributed by atoms with Crippen LogP contribution in [0.3, 0.4) is 0 Å². The van der Waals surface area contributed by atoms with Gasteiger partial charge in [0.25, 0.3) is 0 Å². The topological polar surface area (TPSA) is 85.7 Å². The van der Waals surface area contributed by atoms with Gasteiger partial charge in [0.05, 0.1) is 24.8 Å². The van der Waals surface area contributed by atoms with Gasteiger partial charge in [0.15, 0.2) is 5.82 Å². The summed E-state index contributed by atoms with van der Waals surface area (Å²) in [6, 6.07) is 3.53. The lowest BCUT2D eigenvalue weighted by Gasteiger charge is -2.47. The largest absolute Gasteiger partial charge is 0.466 e. The van der Waals surface area contributed by atoms with Crippen molar-refractivity contribution >= 4 is 39.4 Å². The van der Waals surface area contributed by atoms with Crippen LogP contribution in [0.15, 0.2) is 47.7 Å². The lowest BCUT2D eigenvalue weighted by atomic mass is 9.61. The summed E-state index contributed by atoms with van der Waals surface area (Å²) in [5.74, 6) is 0.496. The number of nitrogens with zero attached hydrogens (tertiary/aromatic N) is 4. The van der Waals surface area contributed by atoms with Crippen LogP contribution in [-0.4, -0.2) is 37.1 Å². The van der Waals surface area contributed by atoms with E-state index in [1.54, 1.807) is 17.5 Å².